The van der Waals surface area contributed by atoms with Crippen LogP contribution in [-0.2, 0) is 16.0 Å². The molecule has 1 amide bonds. The van der Waals surface area contributed by atoms with Gasteiger partial charge in [0.25, 0.3) is 5.69 Å². The Balaban J connectivity index is 2.27. The van der Waals surface area contributed by atoms with Crippen molar-refractivity contribution in [1.29, 1.82) is 0 Å². The van der Waals surface area contributed by atoms with Gasteiger partial charge in [0.15, 0.2) is 0 Å². The van der Waals surface area contributed by atoms with Gasteiger partial charge in [0, 0.05) is 25.8 Å². The number of hydrogen-bond donors (Lipinski definition) is 1. The maximum atomic E-state index is 12.1. The Hall–Kier alpha value is -1.99. The van der Waals surface area contributed by atoms with Crippen molar-refractivity contribution in [1.82, 2.24) is 0 Å². The summed E-state index contributed by atoms with van der Waals surface area (Å²) in [7, 11) is 1.47. The van der Waals surface area contributed by atoms with Crippen LogP contribution in [0.1, 0.15) is 5.56 Å². The van der Waals surface area contributed by atoms with Crippen LogP contribution in [-0.4, -0.2) is 37.1 Å². The standard InChI is InChI=1S/C12H15N3O4/c1-19-7-10(13)12(16)14-5-4-8-2-3-9(15(17)18)6-11(8)14/h2-3,6,10H,4-5,7,13H2,1H3. The molecule has 0 spiro atoms. The Labute approximate surface area is 110 Å². The van der Waals surface area contributed by atoms with Gasteiger partial charge in [0.2, 0.25) is 5.91 Å². The quantitative estimate of drug-likeness (QED) is 0.629. The van der Waals surface area contributed by atoms with Gasteiger partial charge in [-0.25, -0.2) is 0 Å². The monoisotopic (exact) mass is 265 g/mol. The third-order valence-electron chi connectivity index (χ3n) is 3.10. The van der Waals surface area contributed by atoms with Crippen LogP contribution in [0.5, 0.6) is 0 Å². The second-order valence-corrected chi connectivity index (χ2v) is 4.37. The van der Waals surface area contributed by atoms with Gasteiger partial charge >= 0.3 is 0 Å². The molecule has 2 N–H and O–H groups in total. The van der Waals surface area contributed by atoms with E-state index in [1.54, 1.807) is 6.07 Å². The summed E-state index contributed by atoms with van der Waals surface area (Å²) >= 11 is 0. The molecule has 1 atom stereocenters. The van der Waals surface area contributed by atoms with Crippen LogP contribution in [0.4, 0.5) is 11.4 Å². The van der Waals surface area contributed by atoms with Crippen molar-refractivity contribution in [3.63, 3.8) is 0 Å². The number of methoxy groups -OCH3 is 1. The summed E-state index contributed by atoms with van der Waals surface area (Å²) < 4.78 is 4.85. The molecule has 1 aromatic rings. The van der Waals surface area contributed by atoms with Crippen molar-refractivity contribution in [2.75, 3.05) is 25.2 Å². The van der Waals surface area contributed by atoms with Gasteiger partial charge in [0.1, 0.15) is 6.04 Å². The van der Waals surface area contributed by atoms with Crippen LogP contribution in [0.3, 0.4) is 0 Å². The lowest BCUT2D eigenvalue weighted by molar-refractivity contribution is -0.384. The van der Waals surface area contributed by atoms with Crippen molar-refractivity contribution in [3.05, 3.63) is 33.9 Å². The van der Waals surface area contributed by atoms with E-state index in [2.05, 4.69) is 0 Å². The smallest absolute Gasteiger partial charge is 0.271 e. The van der Waals surface area contributed by atoms with Gasteiger partial charge < -0.3 is 15.4 Å². The molecule has 0 aromatic heterocycles. The highest BCUT2D eigenvalue weighted by Crippen LogP contribution is 2.31. The van der Waals surface area contributed by atoms with E-state index in [0.717, 1.165) is 5.56 Å². The Morgan fingerprint density at radius 2 is 2.37 bits per heavy atom. The van der Waals surface area contributed by atoms with E-state index in [-0.39, 0.29) is 18.2 Å². The number of carbonyl (C=O) groups is 1. The van der Waals surface area contributed by atoms with Gasteiger partial charge in [-0.05, 0) is 12.0 Å². The molecule has 0 fully saturated rings. The van der Waals surface area contributed by atoms with Crippen molar-refractivity contribution in [2.45, 2.75) is 12.5 Å². The summed E-state index contributed by atoms with van der Waals surface area (Å²) in [5.41, 5.74) is 7.18. The molecule has 0 bridgehead atoms. The highest BCUT2D eigenvalue weighted by Gasteiger charge is 2.29. The van der Waals surface area contributed by atoms with Crippen molar-refractivity contribution in [2.24, 2.45) is 5.73 Å². The summed E-state index contributed by atoms with van der Waals surface area (Å²) in [5.74, 6) is -0.277. The zero-order valence-corrected chi connectivity index (χ0v) is 10.5. The molecule has 102 valence electrons. The molecule has 0 radical (unpaired) electrons. The molecule has 1 aliphatic rings. The number of fused-ring (bicyclic) bond motifs is 1. The fourth-order valence-corrected chi connectivity index (χ4v) is 2.16. The van der Waals surface area contributed by atoms with E-state index in [1.807, 2.05) is 0 Å². The van der Waals surface area contributed by atoms with Crippen LogP contribution in [0.25, 0.3) is 0 Å². The first kappa shape index (κ1) is 13.4. The summed E-state index contributed by atoms with van der Waals surface area (Å²) in [6, 6.07) is 3.79. The molecule has 1 heterocycles. The molecular weight excluding hydrogens is 250 g/mol. The highest BCUT2D eigenvalue weighted by atomic mass is 16.6. The number of ether oxygens (including phenoxy) is 1. The Morgan fingerprint density at radius 3 is 3.00 bits per heavy atom. The summed E-state index contributed by atoms with van der Waals surface area (Å²) in [6.07, 6.45) is 0.679. The van der Waals surface area contributed by atoms with Crippen LogP contribution >= 0.6 is 0 Å². The van der Waals surface area contributed by atoms with E-state index in [0.29, 0.717) is 18.7 Å². The average molecular weight is 265 g/mol. The van der Waals surface area contributed by atoms with Crippen molar-refractivity contribution >= 4 is 17.3 Å². The van der Waals surface area contributed by atoms with Gasteiger partial charge in [0.05, 0.1) is 17.2 Å². The fraction of sp³-hybridized carbons (Fsp3) is 0.417. The van der Waals surface area contributed by atoms with Crippen LogP contribution in [0.15, 0.2) is 18.2 Å². The lowest BCUT2D eigenvalue weighted by atomic mass is 10.1. The van der Waals surface area contributed by atoms with Crippen molar-refractivity contribution in [3.8, 4) is 0 Å². The summed E-state index contributed by atoms with van der Waals surface area (Å²) in [4.78, 5) is 23.9. The minimum atomic E-state index is -0.754. The zero-order valence-electron chi connectivity index (χ0n) is 10.5. The largest absolute Gasteiger partial charge is 0.383 e. The van der Waals surface area contributed by atoms with E-state index in [1.165, 1.54) is 24.1 Å². The zero-order chi connectivity index (χ0) is 14.0. The predicted molar refractivity (Wildman–Crippen MR) is 69.0 cm³/mol. The van der Waals surface area contributed by atoms with Crippen LogP contribution < -0.4 is 10.6 Å². The van der Waals surface area contributed by atoms with E-state index < -0.39 is 11.0 Å². The highest BCUT2D eigenvalue weighted by molar-refractivity contribution is 5.99. The second-order valence-electron chi connectivity index (χ2n) is 4.37. The first-order chi connectivity index (χ1) is 9.04. The van der Waals surface area contributed by atoms with Crippen LogP contribution in [0, 0.1) is 10.1 Å². The first-order valence-electron chi connectivity index (χ1n) is 5.88. The topological polar surface area (TPSA) is 98.7 Å². The first-order valence-corrected chi connectivity index (χ1v) is 5.88. The predicted octanol–water partition coefficient (Wildman–Crippen LogP) is 0.458. The lowest BCUT2D eigenvalue weighted by Gasteiger charge is -2.20. The molecule has 0 saturated carbocycles. The molecule has 7 nitrogen and oxygen atoms in total. The molecule has 7 heteroatoms. The molecule has 1 aliphatic heterocycles. The normalized spacial score (nSPS) is 15.2. The van der Waals surface area contributed by atoms with Crippen molar-refractivity contribution < 1.29 is 14.5 Å². The maximum Gasteiger partial charge on any atom is 0.271 e. The number of nitro benzene ring substituents is 1. The van der Waals surface area contributed by atoms with E-state index >= 15 is 0 Å². The molecule has 1 unspecified atom stereocenters. The minimum absolute atomic E-state index is 0.0289. The van der Waals surface area contributed by atoms with Gasteiger partial charge in [-0.15, -0.1) is 0 Å². The Kier molecular flexibility index (Phi) is 3.77. The number of nitrogens with zero attached hydrogens (tertiary/aromatic N) is 2. The second kappa shape index (κ2) is 5.33. The number of hydrogen-bond acceptors (Lipinski definition) is 5. The Bertz CT molecular complexity index is 518. The lowest BCUT2D eigenvalue weighted by Crippen LogP contribution is -2.45. The molecule has 19 heavy (non-hydrogen) atoms. The van der Waals surface area contributed by atoms with Gasteiger partial charge in [-0.2, -0.15) is 0 Å². The number of anilines is 1. The number of rotatable bonds is 4. The average Bonchev–Trinajstić information content (AvgIpc) is 2.80. The molecule has 0 aliphatic carbocycles. The molecule has 2 rings (SSSR count). The number of carbonyl (C=O) groups excluding carboxylic acids is 1. The SMILES string of the molecule is COCC(N)C(=O)N1CCc2ccc([N+](=O)[O-])cc21. The van der Waals surface area contributed by atoms with Crippen LogP contribution in [0.2, 0.25) is 0 Å². The van der Waals surface area contributed by atoms with E-state index in [9.17, 15) is 14.9 Å². The summed E-state index contributed by atoms with van der Waals surface area (Å²) in [5, 5.41) is 10.8. The van der Waals surface area contributed by atoms with Gasteiger partial charge in [-0.3, -0.25) is 14.9 Å². The fourth-order valence-electron chi connectivity index (χ4n) is 2.16. The number of benzene rings is 1. The van der Waals surface area contributed by atoms with Gasteiger partial charge in [-0.1, -0.05) is 6.07 Å². The maximum absolute atomic E-state index is 12.1. The number of amides is 1. The number of non-ortho nitro benzene ring substituents is 1. The molecule has 1 aromatic carbocycles. The third kappa shape index (κ3) is 2.56. The Morgan fingerprint density at radius 1 is 1.63 bits per heavy atom. The minimum Gasteiger partial charge on any atom is -0.383 e. The van der Waals surface area contributed by atoms with E-state index in [4.69, 9.17) is 10.5 Å². The third-order valence-corrected chi connectivity index (χ3v) is 3.10. The molecular formula is C12H15N3O4. The number of nitro groups is 1. The summed E-state index contributed by atoms with van der Waals surface area (Å²) in [6.45, 7) is 0.617. The number of nitrogens with two attached hydrogens (primary N) is 1. The molecule has 0 saturated heterocycles.